The second-order valence-corrected chi connectivity index (χ2v) is 4.70. The van der Waals surface area contributed by atoms with Crippen LogP contribution < -0.4 is 5.32 Å². The van der Waals surface area contributed by atoms with E-state index in [2.05, 4.69) is 55.9 Å². The van der Waals surface area contributed by atoms with Gasteiger partial charge in [-0.1, -0.05) is 13.8 Å². The van der Waals surface area contributed by atoms with E-state index in [4.69, 9.17) is 0 Å². The number of hydrogen-bond acceptors (Lipinski definition) is 1. The fourth-order valence-electron chi connectivity index (χ4n) is 1.99. The van der Waals surface area contributed by atoms with E-state index in [0.717, 1.165) is 19.0 Å². The van der Waals surface area contributed by atoms with Crippen molar-refractivity contribution < 1.29 is 0 Å². The van der Waals surface area contributed by atoms with Gasteiger partial charge in [-0.25, -0.2) is 0 Å². The van der Waals surface area contributed by atoms with Crippen molar-refractivity contribution in [3.8, 4) is 0 Å². The largest absolute Gasteiger partial charge is 0.351 e. The van der Waals surface area contributed by atoms with E-state index in [0.29, 0.717) is 6.04 Å². The Morgan fingerprint density at radius 2 is 2.07 bits per heavy atom. The maximum atomic E-state index is 3.57. The number of rotatable bonds is 6. The standard InChI is InChI=1S/C13H24N2/c1-5-15-8-6-7-13(15)10-14-12(4)9-11(2)3/h6-8,11-12,14H,5,9-10H2,1-4H3. The van der Waals surface area contributed by atoms with E-state index >= 15 is 0 Å². The third kappa shape index (κ3) is 4.08. The molecule has 0 spiro atoms. The molecule has 1 N–H and O–H groups in total. The summed E-state index contributed by atoms with van der Waals surface area (Å²) < 4.78 is 2.29. The van der Waals surface area contributed by atoms with Crippen molar-refractivity contribution in [1.29, 1.82) is 0 Å². The highest BCUT2D eigenvalue weighted by molar-refractivity contribution is 5.06. The van der Waals surface area contributed by atoms with Crippen LogP contribution in [0.4, 0.5) is 0 Å². The fourth-order valence-corrected chi connectivity index (χ4v) is 1.99. The Morgan fingerprint density at radius 1 is 1.33 bits per heavy atom. The predicted octanol–water partition coefficient (Wildman–Crippen LogP) is 3.03. The van der Waals surface area contributed by atoms with Crippen LogP contribution in [-0.4, -0.2) is 10.6 Å². The number of nitrogens with one attached hydrogen (secondary N) is 1. The van der Waals surface area contributed by atoms with Crippen molar-refractivity contribution in [3.63, 3.8) is 0 Å². The zero-order chi connectivity index (χ0) is 11.3. The Balaban J connectivity index is 2.36. The molecule has 1 unspecified atom stereocenters. The quantitative estimate of drug-likeness (QED) is 0.760. The molecule has 0 aliphatic carbocycles. The van der Waals surface area contributed by atoms with E-state index in [-0.39, 0.29) is 0 Å². The fraction of sp³-hybridized carbons (Fsp3) is 0.692. The molecule has 0 saturated heterocycles. The third-order valence-corrected chi connectivity index (χ3v) is 2.72. The van der Waals surface area contributed by atoms with Crippen LogP contribution in [-0.2, 0) is 13.1 Å². The molecule has 0 amide bonds. The van der Waals surface area contributed by atoms with E-state index < -0.39 is 0 Å². The summed E-state index contributed by atoms with van der Waals surface area (Å²) in [5.41, 5.74) is 1.38. The molecule has 86 valence electrons. The molecule has 0 fully saturated rings. The summed E-state index contributed by atoms with van der Waals surface area (Å²) in [5.74, 6) is 0.769. The first-order valence-electron chi connectivity index (χ1n) is 6.00. The smallest absolute Gasteiger partial charge is 0.0361 e. The van der Waals surface area contributed by atoms with Crippen LogP contribution in [0.3, 0.4) is 0 Å². The van der Waals surface area contributed by atoms with Gasteiger partial charge in [-0.05, 0) is 38.3 Å². The summed E-state index contributed by atoms with van der Waals surface area (Å²) in [6.45, 7) is 11.0. The number of aromatic nitrogens is 1. The van der Waals surface area contributed by atoms with Gasteiger partial charge in [0.25, 0.3) is 0 Å². The molecule has 0 aliphatic rings. The molecule has 0 aliphatic heterocycles. The molecule has 1 atom stereocenters. The van der Waals surface area contributed by atoms with E-state index in [1.165, 1.54) is 12.1 Å². The van der Waals surface area contributed by atoms with E-state index in [1.54, 1.807) is 0 Å². The zero-order valence-corrected chi connectivity index (χ0v) is 10.5. The average molecular weight is 208 g/mol. The topological polar surface area (TPSA) is 17.0 Å². The highest BCUT2D eigenvalue weighted by Crippen LogP contribution is 2.06. The zero-order valence-electron chi connectivity index (χ0n) is 10.5. The summed E-state index contributed by atoms with van der Waals surface area (Å²) in [6, 6.07) is 4.91. The summed E-state index contributed by atoms with van der Waals surface area (Å²) in [5, 5.41) is 3.57. The Morgan fingerprint density at radius 3 is 2.67 bits per heavy atom. The third-order valence-electron chi connectivity index (χ3n) is 2.72. The number of nitrogens with zero attached hydrogens (tertiary/aromatic N) is 1. The molecular weight excluding hydrogens is 184 g/mol. The van der Waals surface area contributed by atoms with Crippen LogP contribution in [0, 0.1) is 5.92 Å². The van der Waals surface area contributed by atoms with Gasteiger partial charge >= 0.3 is 0 Å². The lowest BCUT2D eigenvalue weighted by Gasteiger charge is -2.16. The van der Waals surface area contributed by atoms with E-state index in [1.807, 2.05) is 0 Å². The van der Waals surface area contributed by atoms with Crippen molar-refractivity contribution in [2.24, 2.45) is 5.92 Å². The van der Waals surface area contributed by atoms with Crippen LogP contribution in [0.5, 0.6) is 0 Å². The lowest BCUT2D eigenvalue weighted by atomic mass is 10.1. The average Bonchev–Trinajstić information content (AvgIpc) is 2.60. The normalized spacial score (nSPS) is 13.4. The van der Waals surface area contributed by atoms with Gasteiger partial charge in [0.15, 0.2) is 0 Å². The Bertz CT molecular complexity index is 276. The molecule has 1 aromatic heterocycles. The van der Waals surface area contributed by atoms with Crippen molar-refractivity contribution >= 4 is 0 Å². The predicted molar refractivity (Wildman–Crippen MR) is 65.9 cm³/mol. The summed E-state index contributed by atoms with van der Waals surface area (Å²) >= 11 is 0. The molecule has 0 bridgehead atoms. The molecule has 1 rings (SSSR count). The second-order valence-electron chi connectivity index (χ2n) is 4.70. The van der Waals surface area contributed by atoms with Gasteiger partial charge in [0.1, 0.15) is 0 Å². The summed E-state index contributed by atoms with van der Waals surface area (Å²) in [6.07, 6.45) is 3.39. The molecule has 2 nitrogen and oxygen atoms in total. The number of hydrogen-bond donors (Lipinski definition) is 1. The molecule has 0 saturated carbocycles. The minimum Gasteiger partial charge on any atom is -0.351 e. The Hall–Kier alpha value is -0.760. The molecular formula is C13H24N2. The first-order valence-corrected chi connectivity index (χ1v) is 6.00. The van der Waals surface area contributed by atoms with Crippen LogP contribution in [0.15, 0.2) is 18.3 Å². The van der Waals surface area contributed by atoms with Crippen LogP contribution >= 0.6 is 0 Å². The molecule has 0 aromatic carbocycles. The van der Waals surface area contributed by atoms with Crippen molar-refractivity contribution in [1.82, 2.24) is 9.88 Å². The minimum absolute atomic E-state index is 0.602. The van der Waals surface area contributed by atoms with Crippen molar-refractivity contribution in [2.45, 2.75) is 53.2 Å². The van der Waals surface area contributed by atoms with Gasteiger partial charge in [-0.2, -0.15) is 0 Å². The Kier molecular flexibility index (Phi) is 4.89. The van der Waals surface area contributed by atoms with E-state index in [9.17, 15) is 0 Å². The highest BCUT2D eigenvalue weighted by Gasteiger charge is 2.05. The maximum Gasteiger partial charge on any atom is 0.0361 e. The van der Waals surface area contributed by atoms with Gasteiger partial charge in [-0.3, -0.25) is 0 Å². The molecule has 1 heterocycles. The lowest BCUT2D eigenvalue weighted by Crippen LogP contribution is -2.27. The Labute approximate surface area is 93.7 Å². The maximum absolute atomic E-state index is 3.57. The van der Waals surface area contributed by atoms with Crippen molar-refractivity contribution in [3.05, 3.63) is 24.0 Å². The molecule has 15 heavy (non-hydrogen) atoms. The lowest BCUT2D eigenvalue weighted by molar-refractivity contribution is 0.435. The molecule has 1 aromatic rings. The monoisotopic (exact) mass is 208 g/mol. The highest BCUT2D eigenvalue weighted by atomic mass is 15.0. The first kappa shape index (κ1) is 12.3. The molecule has 2 heteroatoms. The van der Waals surface area contributed by atoms with Crippen LogP contribution in [0.2, 0.25) is 0 Å². The SMILES string of the molecule is CCn1cccc1CNC(C)CC(C)C. The molecule has 0 radical (unpaired) electrons. The van der Waals surface area contributed by atoms with Gasteiger partial charge < -0.3 is 9.88 Å². The second kappa shape index (κ2) is 5.96. The number of aryl methyl sites for hydroxylation is 1. The summed E-state index contributed by atoms with van der Waals surface area (Å²) in [7, 11) is 0. The van der Waals surface area contributed by atoms with Gasteiger partial charge in [0.05, 0.1) is 0 Å². The van der Waals surface area contributed by atoms with Crippen LogP contribution in [0.1, 0.15) is 39.8 Å². The van der Waals surface area contributed by atoms with Gasteiger partial charge in [-0.15, -0.1) is 0 Å². The van der Waals surface area contributed by atoms with Gasteiger partial charge in [0.2, 0.25) is 0 Å². The van der Waals surface area contributed by atoms with Gasteiger partial charge in [0, 0.05) is 31.0 Å². The van der Waals surface area contributed by atoms with Crippen LogP contribution in [0.25, 0.3) is 0 Å². The minimum atomic E-state index is 0.602. The summed E-state index contributed by atoms with van der Waals surface area (Å²) in [4.78, 5) is 0. The first-order chi connectivity index (χ1) is 7.13. The van der Waals surface area contributed by atoms with Crippen molar-refractivity contribution in [2.75, 3.05) is 0 Å².